The Balaban J connectivity index is 1.29. The number of carbonyl (C=O) groups is 1. The van der Waals surface area contributed by atoms with E-state index in [1.54, 1.807) is 12.4 Å². The molecule has 3 aromatic rings. The van der Waals surface area contributed by atoms with Crippen molar-refractivity contribution in [2.45, 2.75) is 18.8 Å². The van der Waals surface area contributed by atoms with E-state index in [2.05, 4.69) is 32.6 Å². The van der Waals surface area contributed by atoms with Gasteiger partial charge in [0.1, 0.15) is 0 Å². The van der Waals surface area contributed by atoms with Crippen LogP contribution in [0.1, 0.15) is 23.7 Å². The van der Waals surface area contributed by atoms with Crippen molar-refractivity contribution < 1.29 is 9.32 Å². The van der Waals surface area contributed by atoms with Gasteiger partial charge >= 0.3 is 6.03 Å². The summed E-state index contributed by atoms with van der Waals surface area (Å²) in [6, 6.07) is 13.8. The molecule has 7 heteroatoms. The van der Waals surface area contributed by atoms with Crippen molar-refractivity contribution in [3.8, 4) is 11.5 Å². The summed E-state index contributed by atoms with van der Waals surface area (Å²) < 4.78 is 5.35. The Morgan fingerprint density at radius 3 is 2.93 bits per heavy atom. The normalized spacial score (nSPS) is 16.4. The maximum absolute atomic E-state index is 12.4. The van der Waals surface area contributed by atoms with E-state index in [-0.39, 0.29) is 11.9 Å². The summed E-state index contributed by atoms with van der Waals surface area (Å²) in [5, 5.41) is 7.09. The van der Waals surface area contributed by atoms with Gasteiger partial charge in [-0.3, -0.25) is 4.98 Å². The zero-order valence-electron chi connectivity index (χ0n) is 14.9. The van der Waals surface area contributed by atoms with E-state index < -0.39 is 0 Å². The van der Waals surface area contributed by atoms with Crippen LogP contribution in [-0.4, -0.2) is 45.7 Å². The van der Waals surface area contributed by atoms with Gasteiger partial charge < -0.3 is 14.7 Å². The van der Waals surface area contributed by atoms with Crippen molar-refractivity contribution in [2.75, 3.05) is 19.6 Å². The maximum atomic E-state index is 12.4. The molecule has 0 radical (unpaired) electrons. The van der Waals surface area contributed by atoms with Gasteiger partial charge in [0, 0.05) is 37.9 Å². The molecule has 1 aliphatic heterocycles. The summed E-state index contributed by atoms with van der Waals surface area (Å²) in [4.78, 5) is 22.7. The molecule has 2 amide bonds. The molecule has 1 saturated heterocycles. The molecule has 138 valence electrons. The molecule has 0 bridgehead atoms. The molecule has 1 aromatic carbocycles. The Hall–Kier alpha value is -3.22. The Morgan fingerprint density at radius 2 is 2.11 bits per heavy atom. The summed E-state index contributed by atoms with van der Waals surface area (Å²) in [6.45, 7) is 1.92. The fourth-order valence-corrected chi connectivity index (χ4v) is 3.23. The van der Waals surface area contributed by atoms with E-state index in [0.717, 1.165) is 18.4 Å². The van der Waals surface area contributed by atoms with Crippen molar-refractivity contribution in [1.29, 1.82) is 0 Å². The Morgan fingerprint density at radius 1 is 1.22 bits per heavy atom. The average molecular weight is 363 g/mol. The molecular formula is C20H21N5O2. The van der Waals surface area contributed by atoms with Gasteiger partial charge in [-0.2, -0.15) is 4.98 Å². The van der Waals surface area contributed by atoms with Crippen molar-refractivity contribution in [3.05, 3.63) is 66.2 Å². The number of rotatable bonds is 5. The van der Waals surface area contributed by atoms with Crippen molar-refractivity contribution in [3.63, 3.8) is 0 Å². The molecule has 4 rings (SSSR count). The monoisotopic (exact) mass is 363 g/mol. The number of benzene rings is 1. The lowest BCUT2D eigenvalue weighted by Crippen LogP contribution is -2.39. The topological polar surface area (TPSA) is 84.2 Å². The highest BCUT2D eigenvalue weighted by molar-refractivity contribution is 5.74. The largest absolute Gasteiger partial charge is 0.338 e. The van der Waals surface area contributed by atoms with Gasteiger partial charge in [0.2, 0.25) is 0 Å². The van der Waals surface area contributed by atoms with Crippen LogP contribution in [-0.2, 0) is 6.42 Å². The van der Waals surface area contributed by atoms with E-state index >= 15 is 0 Å². The number of pyridine rings is 1. The van der Waals surface area contributed by atoms with E-state index in [1.807, 2.05) is 35.2 Å². The van der Waals surface area contributed by atoms with Gasteiger partial charge in [-0.05, 0) is 30.5 Å². The quantitative estimate of drug-likeness (QED) is 0.753. The lowest BCUT2D eigenvalue weighted by atomic mass is 10.1. The first kappa shape index (κ1) is 17.2. The number of hydrogen-bond acceptors (Lipinski definition) is 5. The smallest absolute Gasteiger partial charge is 0.317 e. The second-order valence-electron chi connectivity index (χ2n) is 6.60. The van der Waals surface area contributed by atoms with Crippen LogP contribution >= 0.6 is 0 Å². The molecule has 0 aliphatic carbocycles. The van der Waals surface area contributed by atoms with Gasteiger partial charge in [-0.25, -0.2) is 4.79 Å². The van der Waals surface area contributed by atoms with Crippen LogP contribution in [0.15, 0.2) is 59.4 Å². The van der Waals surface area contributed by atoms with Crippen LogP contribution in [0, 0.1) is 0 Å². The molecule has 2 aromatic heterocycles. The number of nitrogens with zero attached hydrogens (tertiary/aromatic N) is 4. The molecule has 3 heterocycles. The minimum atomic E-state index is -0.0376. The van der Waals surface area contributed by atoms with Crippen LogP contribution < -0.4 is 5.32 Å². The summed E-state index contributed by atoms with van der Waals surface area (Å²) >= 11 is 0. The Labute approximate surface area is 157 Å². The lowest BCUT2D eigenvalue weighted by molar-refractivity contribution is 0.208. The summed E-state index contributed by atoms with van der Waals surface area (Å²) in [5.41, 5.74) is 2.01. The van der Waals surface area contributed by atoms with Gasteiger partial charge in [-0.1, -0.05) is 35.5 Å². The number of nitrogens with one attached hydrogen (secondary N) is 1. The molecule has 7 nitrogen and oxygen atoms in total. The van der Waals surface area contributed by atoms with Crippen LogP contribution in [0.5, 0.6) is 0 Å². The highest BCUT2D eigenvalue weighted by Gasteiger charge is 2.30. The van der Waals surface area contributed by atoms with Crippen LogP contribution in [0.25, 0.3) is 11.5 Å². The fourth-order valence-electron chi connectivity index (χ4n) is 3.23. The molecule has 0 saturated carbocycles. The lowest BCUT2D eigenvalue weighted by Gasteiger charge is -2.16. The standard InChI is InChI=1S/C20H21N5O2/c26-20(22-11-8-15-5-2-1-3-6-15)25-12-9-17(14-25)18-23-19(27-24-18)16-7-4-10-21-13-16/h1-7,10,13,17H,8-9,11-12,14H2,(H,22,26). The van der Waals surface area contributed by atoms with E-state index in [4.69, 9.17) is 4.52 Å². The van der Waals surface area contributed by atoms with Crippen molar-refractivity contribution in [2.24, 2.45) is 0 Å². The highest BCUT2D eigenvalue weighted by atomic mass is 16.5. The molecule has 1 aliphatic rings. The number of hydrogen-bond donors (Lipinski definition) is 1. The van der Waals surface area contributed by atoms with Gasteiger partial charge in [0.15, 0.2) is 5.82 Å². The molecule has 27 heavy (non-hydrogen) atoms. The predicted octanol–water partition coefficient (Wildman–Crippen LogP) is 2.87. The number of aromatic nitrogens is 3. The minimum Gasteiger partial charge on any atom is -0.338 e. The van der Waals surface area contributed by atoms with Gasteiger partial charge in [0.25, 0.3) is 5.89 Å². The molecule has 1 fully saturated rings. The zero-order valence-corrected chi connectivity index (χ0v) is 14.9. The molecule has 1 atom stereocenters. The van der Waals surface area contributed by atoms with Crippen LogP contribution in [0.3, 0.4) is 0 Å². The highest BCUT2D eigenvalue weighted by Crippen LogP contribution is 2.27. The number of carbonyl (C=O) groups excluding carboxylic acids is 1. The molecular weight excluding hydrogens is 342 g/mol. The molecule has 0 spiro atoms. The Kier molecular flexibility index (Phi) is 5.09. The summed E-state index contributed by atoms with van der Waals surface area (Å²) in [5.74, 6) is 1.20. The van der Waals surface area contributed by atoms with E-state index in [0.29, 0.717) is 31.3 Å². The summed E-state index contributed by atoms with van der Waals surface area (Å²) in [6.07, 6.45) is 5.05. The minimum absolute atomic E-state index is 0.0376. The maximum Gasteiger partial charge on any atom is 0.317 e. The van der Waals surface area contributed by atoms with E-state index in [9.17, 15) is 4.79 Å². The van der Waals surface area contributed by atoms with Gasteiger partial charge in [-0.15, -0.1) is 0 Å². The second kappa shape index (κ2) is 7.99. The van der Waals surface area contributed by atoms with Crippen molar-refractivity contribution in [1.82, 2.24) is 25.3 Å². The average Bonchev–Trinajstić information content (AvgIpc) is 3.39. The summed E-state index contributed by atoms with van der Waals surface area (Å²) in [7, 11) is 0. The second-order valence-corrected chi connectivity index (χ2v) is 6.60. The zero-order chi connectivity index (χ0) is 18.5. The third kappa shape index (κ3) is 4.13. The first-order chi connectivity index (χ1) is 13.3. The number of amides is 2. The Bertz CT molecular complexity index is 882. The predicted molar refractivity (Wildman–Crippen MR) is 100 cm³/mol. The number of urea groups is 1. The van der Waals surface area contributed by atoms with Crippen LogP contribution in [0.2, 0.25) is 0 Å². The molecule has 1 N–H and O–H groups in total. The first-order valence-corrected chi connectivity index (χ1v) is 9.10. The van der Waals surface area contributed by atoms with E-state index in [1.165, 1.54) is 5.56 Å². The first-order valence-electron chi connectivity index (χ1n) is 9.10. The third-order valence-electron chi connectivity index (χ3n) is 4.72. The fraction of sp³-hybridized carbons (Fsp3) is 0.300. The SMILES string of the molecule is O=C(NCCc1ccccc1)N1CCC(c2noc(-c3cccnc3)n2)C1. The van der Waals surface area contributed by atoms with Gasteiger partial charge in [0.05, 0.1) is 5.56 Å². The number of likely N-dealkylation sites (tertiary alicyclic amines) is 1. The molecule has 1 unspecified atom stereocenters. The van der Waals surface area contributed by atoms with Crippen LogP contribution in [0.4, 0.5) is 4.79 Å². The van der Waals surface area contributed by atoms with Crippen molar-refractivity contribution >= 4 is 6.03 Å². The third-order valence-corrected chi connectivity index (χ3v) is 4.72.